The maximum Gasteiger partial charge on any atom is 0.409 e. The quantitative estimate of drug-likeness (QED) is 0.893. The molecular weight excluding hydrogens is 302 g/mol. The van der Waals surface area contributed by atoms with E-state index in [1.165, 1.54) is 10.4 Å². The summed E-state index contributed by atoms with van der Waals surface area (Å²) in [7, 11) is 0. The van der Waals surface area contributed by atoms with E-state index in [-0.39, 0.29) is 18.2 Å². The van der Waals surface area contributed by atoms with Crippen molar-refractivity contribution in [3.8, 4) is 0 Å². The van der Waals surface area contributed by atoms with Crippen LogP contribution in [0.4, 0.5) is 9.59 Å². The maximum absolute atomic E-state index is 11.9. The van der Waals surface area contributed by atoms with E-state index < -0.39 is 0 Å². The van der Waals surface area contributed by atoms with Crippen molar-refractivity contribution in [3.63, 3.8) is 0 Å². The van der Waals surface area contributed by atoms with Gasteiger partial charge in [0.15, 0.2) is 0 Å². The second-order valence-corrected chi connectivity index (χ2v) is 6.31. The number of hydrogen-bond donors (Lipinski definition) is 2. The van der Waals surface area contributed by atoms with Gasteiger partial charge in [-0.1, -0.05) is 0 Å². The first-order valence-corrected chi connectivity index (χ1v) is 8.47. The van der Waals surface area contributed by atoms with Crippen LogP contribution in [-0.2, 0) is 11.3 Å². The van der Waals surface area contributed by atoms with Crippen LogP contribution in [0.2, 0.25) is 0 Å². The third kappa shape index (κ3) is 4.62. The molecule has 1 aliphatic rings. The topological polar surface area (TPSA) is 70.7 Å². The van der Waals surface area contributed by atoms with E-state index in [9.17, 15) is 9.59 Å². The molecule has 0 bridgehead atoms. The van der Waals surface area contributed by atoms with Gasteiger partial charge >= 0.3 is 12.1 Å². The lowest BCUT2D eigenvalue weighted by atomic mass is 10.1. The van der Waals surface area contributed by atoms with Gasteiger partial charge in [0, 0.05) is 24.0 Å². The molecule has 6 nitrogen and oxygen atoms in total. The van der Waals surface area contributed by atoms with Gasteiger partial charge in [-0.25, -0.2) is 9.59 Å². The van der Waals surface area contributed by atoms with E-state index >= 15 is 0 Å². The first kappa shape index (κ1) is 16.6. The molecule has 122 valence electrons. The molecule has 0 aliphatic carbocycles. The second kappa shape index (κ2) is 8.03. The van der Waals surface area contributed by atoms with Gasteiger partial charge < -0.3 is 20.3 Å². The van der Waals surface area contributed by atoms with Gasteiger partial charge in [-0.2, -0.15) is 0 Å². The summed E-state index contributed by atoms with van der Waals surface area (Å²) >= 11 is 1.65. The first-order chi connectivity index (χ1) is 10.6. The Hall–Kier alpha value is -1.76. The Morgan fingerprint density at radius 2 is 2.14 bits per heavy atom. The molecule has 7 heteroatoms. The van der Waals surface area contributed by atoms with E-state index in [1.807, 2.05) is 18.4 Å². The third-order valence-corrected chi connectivity index (χ3v) is 4.76. The van der Waals surface area contributed by atoms with Crippen LogP contribution >= 0.6 is 11.3 Å². The summed E-state index contributed by atoms with van der Waals surface area (Å²) in [6.07, 6.45) is 1.24. The van der Waals surface area contributed by atoms with Gasteiger partial charge in [-0.3, -0.25) is 0 Å². The third-order valence-electron chi connectivity index (χ3n) is 3.73. The molecule has 0 spiro atoms. The van der Waals surface area contributed by atoms with Crippen molar-refractivity contribution in [1.29, 1.82) is 0 Å². The zero-order valence-corrected chi connectivity index (χ0v) is 13.9. The molecule has 1 fully saturated rings. The number of likely N-dealkylation sites (tertiary alicyclic amines) is 1. The van der Waals surface area contributed by atoms with E-state index in [0.29, 0.717) is 26.2 Å². The number of nitrogens with one attached hydrogen (secondary N) is 2. The average molecular weight is 325 g/mol. The summed E-state index contributed by atoms with van der Waals surface area (Å²) in [5.74, 6) is 0. The molecule has 1 aliphatic heterocycles. The summed E-state index contributed by atoms with van der Waals surface area (Å²) < 4.78 is 4.98. The predicted molar refractivity (Wildman–Crippen MR) is 86.0 cm³/mol. The lowest BCUT2D eigenvalue weighted by molar-refractivity contribution is 0.0957. The van der Waals surface area contributed by atoms with Crippen LogP contribution < -0.4 is 10.6 Å². The largest absolute Gasteiger partial charge is 0.450 e. The van der Waals surface area contributed by atoms with Crippen LogP contribution in [0.25, 0.3) is 0 Å². The van der Waals surface area contributed by atoms with Crippen molar-refractivity contribution >= 4 is 23.5 Å². The Kier molecular flexibility index (Phi) is 6.06. The Balaban J connectivity index is 1.68. The Labute approximate surface area is 134 Å². The zero-order chi connectivity index (χ0) is 15.9. The lowest BCUT2D eigenvalue weighted by Gasteiger charge is -2.31. The van der Waals surface area contributed by atoms with Gasteiger partial charge in [-0.15, -0.1) is 11.3 Å². The number of aryl methyl sites for hydroxylation is 1. The number of ether oxygens (including phenoxy) is 1. The molecule has 0 radical (unpaired) electrons. The molecule has 1 aromatic heterocycles. The smallest absolute Gasteiger partial charge is 0.409 e. The number of amides is 3. The number of piperidine rings is 1. The minimum atomic E-state index is -0.265. The summed E-state index contributed by atoms with van der Waals surface area (Å²) in [5, 5.41) is 7.87. The summed E-state index contributed by atoms with van der Waals surface area (Å²) in [6, 6.07) is 2.00. The number of carbonyl (C=O) groups is 2. The number of nitrogens with zero attached hydrogens (tertiary/aromatic N) is 1. The lowest BCUT2D eigenvalue weighted by Crippen LogP contribution is -2.49. The Morgan fingerprint density at radius 3 is 2.73 bits per heavy atom. The van der Waals surface area contributed by atoms with Gasteiger partial charge in [0.2, 0.25) is 0 Å². The van der Waals surface area contributed by atoms with Crippen molar-refractivity contribution in [1.82, 2.24) is 15.5 Å². The molecule has 0 saturated carbocycles. The van der Waals surface area contributed by atoms with Crippen molar-refractivity contribution in [2.75, 3.05) is 19.7 Å². The normalized spacial score (nSPS) is 15.5. The van der Waals surface area contributed by atoms with Crippen LogP contribution in [0.1, 0.15) is 30.2 Å². The number of urea groups is 1. The first-order valence-electron chi connectivity index (χ1n) is 7.59. The maximum atomic E-state index is 11.9. The van der Waals surface area contributed by atoms with E-state index in [0.717, 1.165) is 12.8 Å². The van der Waals surface area contributed by atoms with Crippen LogP contribution in [0.15, 0.2) is 11.4 Å². The fourth-order valence-corrected chi connectivity index (χ4v) is 3.25. The molecule has 0 atom stereocenters. The molecular formula is C15H23N3O3S. The minimum Gasteiger partial charge on any atom is -0.450 e. The van der Waals surface area contributed by atoms with Gasteiger partial charge in [0.05, 0.1) is 13.2 Å². The number of rotatable bonds is 4. The fourth-order valence-electron chi connectivity index (χ4n) is 2.40. The van der Waals surface area contributed by atoms with Crippen LogP contribution in [-0.4, -0.2) is 42.8 Å². The molecule has 2 heterocycles. The van der Waals surface area contributed by atoms with Crippen molar-refractivity contribution in [3.05, 3.63) is 21.9 Å². The van der Waals surface area contributed by atoms with Crippen LogP contribution in [0.3, 0.4) is 0 Å². The van der Waals surface area contributed by atoms with Gasteiger partial charge in [-0.05, 0) is 43.7 Å². The van der Waals surface area contributed by atoms with Gasteiger partial charge in [0.1, 0.15) is 0 Å². The summed E-state index contributed by atoms with van der Waals surface area (Å²) in [6.45, 7) is 6.02. The molecule has 2 N–H and O–H groups in total. The molecule has 0 unspecified atom stereocenters. The Morgan fingerprint density at radius 1 is 1.41 bits per heavy atom. The molecule has 1 saturated heterocycles. The zero-order valence-electron chi connectivity index (χ0n) is 13.1. The SMILES string of the molecule is CCOC(=O)N1CCC(NC(=O)NCc2sccc2C)CC1. The van der Waals surface area contributed by atoms with Crippen LogP contribution in [0.5, 0.6) is 0 Å². The van der Waals surface area contributed by atoms with Crippen molar-refractivity contribution < 1.29 is 14.3 Å². The predicted octanol–water partition coefficient (Wildman–Crippen LogP) is 2.48. The molecule has 3 amide bonds. The monoisotopic (exact) mass is 325 g/mol. The number of carbonyl (C=O) groups excluding carboxylic acids is 2. The number of thiophene rings is 1. The summed E-state index contributed by atoms with van der Waals surface area (Å²) in [5.41, 5.74) is 1.20. The fraction of sp³-hybridized carbons (Fsp3) is 0.600. The molecule has 1 aromatic rings. The highest BCUT2D eigenvalue weighted by Crippen LogP contribution is 2.15. The highest BCUT2D eigenvalue weighted by molar-refractivity contribution is 7.10. The van der Waals surface area contributed by atoms with E-state index in [1.54, 1.807) is 23.2 Å². The number of hydrogen-bond acceptors (Lipinski definition) is 4. The summed E-state index contributed by atoms with van der Waals surface area (Å²) in [4.78, 5) is 26.4. The van der Waals surface area contributed by atoms with E-state index in [2.05, 4.69) is 10.6 Å². The molecule has 22 heavy (non-hydrogen) atoms. The van der Waals surface area contributed by atoms with Crippen LogP contribution in [0, 0.1) is 6.92 Å². The standard InChI is InChI=1S/C15H23N3O3S/c1-3-21-15(20)18-7-4-12(5-8-18)17-14(19)16-10-13-11(2)6-9-22-13/h6,9,12H,3-5,7-8,10H2,1-2H3,(H2,16,17,19). The van der Waals surface area contributed by atoms with E-state index in [4.69, 9.17) is 4.74 Å². The molecule has 2 rings (SSSR count). The highest BCUT2D eigenvalue weighted by atomic mass is 32.1. The second-order valence-electron chi connectivity index (χ2n) is 5.31. The van der Waals surface area contributed by atoms with Crippen molar-refractivity contribution in [2.24, 2.45) is 0 Å². The molecule has 0 aromatic carbocycles. The minimum absolute atomic E-state index is 0.107. The Bertz CT molecular complexity index is 510. The highest BCUT2D eigenvalue weighted by Gasteiger charge is 2.24. The average Bonchev–Trinajstić information content (AvgIpc) is 2.91. The van der Waals surface area contributed by atoms with Crippen molar-refractivity contribution in [2.45, 2.75) is 39.3 Å². The van der Waals surface area contributed by atoms with Gasteiger partial charge in [0.25, 0.3) is 0 Å².